The van der Waals surface area contributed by atoms with Crippen molar-refractivity contribution in [1.29, 1.82) is 0 Å². The van der Waals surface area contributed by atoms with E-state index in [1.165, 1.54) is 11.3 Å². The fraction of sp³-hybridized carbons (Fsp3) is 0.304. The second kappa shape index (κ2) is 10.4. The molecule has 2 aromatic rings. The molecule has 2 heterocycles. The van der Waals surface area contributed by atoms with Gasteiger partial charge in [0.15, 0.2) is 5.92 Å². The monoisotopic (exact) mass is 481 g/mol. The number of anilines is 1. The van der Waals surface area contributed by atoms with Crippen LogP contribution in [0, 0.1) is 11.8 Å². The molecule has 6 amide bonds. The molecule has 1 aliphatic heterocycles. The van der Waals surface area contributed by atoms with Crippen LogP contribution in [0.3, 0.4) is 0 Å². The first kappa shape index (κ1) is 23.3. The van der Waals surface area contributed by atoms with Crippen LogP contribution in [0.4, 0.5) is 10.5 Å². The van der Waals surface area contributed by atoms with Gasteiger partial charge in [-0.3, -0.25) is 24.1 Å². The van der Waals surface area contributed by atoms with Crippen molar-refractivity contribution < 1.29 is 24.0 Å². The van der Waals surface area contributed by atoms with Crippen molar-refractivity contribution in [3.63, 3.8) is 0 Å². The van der Waals surface area contributed by atoms with E-state index >= 15 is 0 Å². The summed E-state index contributed by atoms with van der Waals surface area (Å²) >= 11 is 1.40. The Morgan fingerprint density at radius 2 is 1.74 bits per heavy atom. The minimum atomic E-state index is -1.20. The summed E-state index contributed by atoms with van der Waals surface area (Å²) in [6.45, 7) is 0.298. The Hall–Kier alpha value is -3.86. The molecule has 3 N–H and O–H groups in total. The molecule has 1 saturated carbocycles. The summed E-state index contributed by atoms with van der Waals surface area (Å²) in [4.78, 5) is 66.6. The predicted octanol–water partition coefficient (Wildman–Crippen LogP) is 1.79. The maximum atomic E-state index is 12.6. The van der Waals surface area contributed by atoms with E-state index in [1.54, 1.807) is 30.3 Å². The fourth-order valence-electron chi connectivity index (χ4n) is 3.29. The molecule has 1 atom stereocenters. The van der Waals surface area contributed by atoms with E-state index in [0.29, 0.717) is 11.3 Å². The number of urea groups is 1. The minimum Gasteiger partial charge on any atom is -0.353 e. The average Bonchev–Trinajstić information content (AvgIpc) is 3.56. The molecule has 0 bridgehead atoms. The number of carbonyl (C=O) groups is 5. The largest absolute Gasteiger partial charge is 0.353 e. The molecule has 2 aliphatic rings. The number of nitrogens with one attached hydrogen (secondary N) is 3. The summed E-state index contributed by atoms with van der Waals surface area (Å²) in [5.41, 5.74) is 1.04. The third-order valence-electron chi connectivity index (χ3n) is 5.35. The van der Waals surface area contributed by atoms with Gasteiger partial charge in [-0.15, -0.1) is 11.3 Å². The summed E-state index contributed by atoms with van der Waals surface area (Å²) in [5.74, 6) is -2.68. The number of carbonyl (C=O) groups excluding carboxylic acids is 5. The lowest BCUT2D eigenvalue weighted by Gasteiger charge is -2.24. The molecule has 34 heavy (non-hydrogen) atoms. The van der Waals surface area contributed by atoms with Crippen LogP contribution in [-0.4, -0.2) is 53.9 Å². The topological polar surface area (TPSA) is 137 Å². The third kappa shape index (κ3) is 5.73. The van der Waals surface area contributed by atoms with Crippen LogP contribution in [-0.2, 0) is 20.9 Å². The number of benzene rings is 1. The van der Waals surface area contributed by atoms with Crippen molar-refractivity contribution in [1.82, 2.24) is 15.5 Å². The Bertz CT molecular complexity index is 1130. The fourth-order valence-corrected chi connectivity index (χ4v) is 3.98. The molecule has 11 heteroatoms. The van der Waals surface area contributed by atoms with Gasteiger partial charge in [0.25, 0.3) is 5.91 Å². The Morgan fingerprint density at radius 3 is 2.41 bits per heavy atom. The molecule has 10 nitrogen and oxygen atoms in total. The first-order chi connectivity index (χ1) is 16.4. The van der Waals surface area contributed by atoms with Crippen LogP contribution in [0.25, 0.3) is 0 Å². The number of hydrogen-bond donors (Lipinski definition) is 3. The van der Waals surface area contributed by atoms with Crippen LogP contribution in [0.15, 0.2) is 46.8 Å². The highest BCUT2D eigenvalue weighted by molar-refractivity contribution is 7.09. The van der Waals surface area contributed by atoms with Crippen LogP contribution in [0.5, 0.6) is 0 Å². The van der Waals surface area contributed by atoms with Gasteiger partial charge < -0.3 is 16.0 Å². The molecular weight excluding hydrogens is 458 g/mol. The van der Waals surface area contributed by atoms with E-state index in [2.05, 4.69) is 20.9 Å². The zero-order valence-corrected chi connectivity index (χ0v) is 19.0. The van der Waals surface area contributed by atoms with Crippen molar-refractivity contribution in [2.24, 2.45) is 16.8 Å². The number of aliphatic imine (C=N–C) groups is 1. The molecule has 1 aliphatic carbocycles. The van der Waals surface area contributed by atoms with Crippen LogP contribution in [0.1, 0.15) is 28.1 Å². The number of nitrogens with zero attached hydrogens (tertiary/aromatic N) is 2. The molecule has 176 valence electrons. The van der Waals surface area contributed by atoms with Crippen LogP contribution < -0.4 is 16.0 Å². The van der Waals surface area contributed by atoms with Crippen LogP contribution >= 0.6 is 11.3 Å². The first-order valence-corrected chi connectivity index (χ1v) is 11.7. The van der Waals surface area contributed by atoms with Gasteiger partial charge in [0.1, 0.15) is 0 Å². The third-order valence-corrected chi connectivity index (χ3v) is 6.21. The van der Waals surface area contributed by atoms with Crippen molar-refractivity contribution in [3.8, 4) is 0 Å². The number of imide groups is 1. The molecular formula is C23H23N5O5S. The summed E-state index contributed by atoms with van der Waals surface area (Å²) in [7, 11) is 0. The maximum absolute atomic E-state index is 12.6. The molecule has 0 spiro atoms. The minimum absolute atomic E-state index is 0.00607. The Balaban J connectivity index is 1.21. The van der Waals surface area contributed by atoms with E-state index in [9.17, 15) is 24.0 Å². The molecule has 1 fully saturated rings. The van der Waals surface area contributed by atoms with Crippen molar-refractivity contribution >= 4 is 52.9 Å². The lowest BCUT2D eigenvalue weighted by atomic mass is 10.1. The summed E-state index contributed by atoms with van der Waals surface area (Å²) in [6, 6.07) is 9.43. The smallest absolute Gasteiger partial charge is 0.350 e. The van der Waals surface area contributed by atoms with E-state index in [0.717, 1.165) is 28.8 Å². The lowest BCUT2D eigenvalue weighted by Crippen LogP contribution is -2.49. The van der Waals surface area contributed by atoms with Crippen molar-refractivity contribution in [2.75, 3.05) is 18.4 Å². The number of hydrogen-bond acceptors (Lipinski definition) is 6. The lowest BCUT2D eigenvalue weighted by molar-refractivity contribution is -0.137. The quantitative estimate of drug-likeness (QED) is 0.370. The average molecular weight is 482 g/mol. The van der Waals surface area contributed by atoms with E-state index in [1.807, 2.05) is 11.4 Å². The normalized spacial score (nSPS) is 17.4. The Morgan fingerprint density at radius 1 is 1.00 bits per heavy atom. The number of rotatable bonds is 9. The molecule has 0 saturated heterocycles. The van der Waals surface area contributed by atoms with Gasteiger partial charge in [-0.2, -0.15) is 0 Å². The molecule has 1 aromatic heterocycles. The Kier molecular flexibility index (Phi) is 7.12. The van der Waals surface area contributed by atoms with Gasteiger partial charge in [0, 0.05) is 41.4 Å². The van der Waals surface area contributed by atoms with Gasteiger partial charge in [0.05, 0.1) is 6.54 Å². The van der Waals surface area contributed by atoms with Crippen molar-refractivity contribution in [3.05, 3.63) is 52.2 Å². The first-order valence-electron chi connectivity index (χ1n) is 10.8. The second-order valence-electron chi connectivity index (χ2n) is 7.93. The molecule has 4 rings (SSSR count). The summed E-state index contributed by atoms with van der Waals surface area (Å²) < 4.78 is 0. The van der Waals surface area contributed by atoms with Gasteiger partial charge in [0.2, 0.25) is 17.7 Å². The van der Waals surface area contributed by atoms with Gasteiger partial charge in [-0.25, -0.2) is 9.79 Å². The zero-order valence-electron chi connectivity index (χ0n) is 18.2. The highest BCUT2D eigenvalue weighted by Gasteiger charge is 2.36. The Labute approximate surface area is 199 Å². The summed E-state index contributed by atoms with van der Waals surface area (Å²) in [6.07, 6.45) is 2.87. The molecule has 1 aromatic carbocycles. The second-order valence-corrected chi connectivity index (χ2v) is 8.96. The van der Waals surface area contributed by atoms with E-state index < -0.39 is 23.8 Å². The molecule has 1 unspecified atom stereocenters. The van der Waals surface area contributed by atoms with E-state index in [4.69, 9.17) is 0 Å². The van der Waals surface area contributed by atoms with Crippen molar-refractivity contribution in [2.45, 2.75) is 19.4 Å². The summed E-state index contributed by atoms with van der Waals surface area (Å²) in [5, 5.41) is 9.90. The van der Waals surface area contributed by atoms with Crippen LogP contribution in [0.2, 0.25) is 0 Å². The number of amides is 6. The standard InChI is InChI=1S/C23H23N5O5S/c29-19(14-5-7-16(8-6-14)27-20(30)15-3-4-15)24-9-10-25-21(31)18-12-26-23(33)28(22(18)32)13-17-2-1-11-34-17/h1-2,5-8,11-12,15,18H,3-4,9-10,13H2,(H,24,29)(H,25,31)(H,27,30). The highest BCUT2D eigenvalue weighted by Crippen LogP contribution is 2.30. The predicted molar refractivity (Wildman–Crippen MR) is 125 cm³/mol. The van der Waals surface area contributed by atoms with Gasteiger partial charge in [-0.05, 0) is 48.6 Å². The van der Waals surface area contributed by atoms with Gasteiger partial charge >= 0.3 is 6.03 Å². The zero-order chi connectivity index (χ0) is 24.1. The van der Waals surface area contributed by atoms with E-state index in [-0.39, 0.29) is 37.4 Å². The SMILES string of the molecule is O=C(NCCNC(=O)C1C=NC(=O)N(Cc2cccs2)C1=O)c1ccc(NC(=O)C2CC2)cc1. The molecule has 0 radical (unpaired) electrons. The maximum Gasteiger partial charge on any atom is 0.350 e. The van der Waals surface area contributed by atoms with Gasteiger partial charge in [-0.1, -0.05) is 6.07 Å². The highest BCUT2D eigenvalue weighted by atomic mass is 32.1. The number of thiophene rings is 1.